The molecule has 0 bridgehead atoms. The summed E-state index contributed by atoms with van der Waals surface area (Å²) in [7, 11) is 0. The normalized spacial score (nSPS) is 11.8. The molecule has 0 amide bonds. The molecule has 1 rings (SSSR count). The van der Waals surface area contributed by atoms with E-state index in [1.54, 1.807) is 0 Å². The van der Waals surface area contributed by atoms with Crippen molar-refractivity contribution in [1.82, 2.24) is 0 Å². The van der Waals surface area contributed by atoms with Crippen LogP contribution in [0.25, 0.3) is 0 Å². The quantitative estimate of drug-likeness (QED) is 0.613. The number of hydrogen-bond acceptors (Lipinski definition) is 0. The maximum atomic E-state index is 13.6. The van der Waals surface area contributed by atoms with E-state index in [0.29, 0.717) is 12.0 Å². The van der Waals surface area contributed by atoms with E-state index in [1.807, 2.05) is 0 Å². The van der Waals surface area contributed by atoms with Gasteiger partial charge in [0.25, 0.3) is 0 Å². The molecule has 0 spiro atoms. The molecule has 0 fully saturated rings. The van der Waals surface area contributed by atoms with Crippen molar-refractivity contribution in [3.63, 3.8) is 0 Å². The molecule has 0 saturated carbocycles. The van der Waals surface area contributed by atoms with Crippen molar-refractivity contribution in [2.24, 2.45) is 5.41 Å². The fraction of sp³-hybridized carbons (Fsp3) is 0.538. The van der Waals surface area contributed by atoms with Gasteiger partial charge >= 0.3 is 0 Å². The summed E-state index contributed by atoms with van der Waals surface area (Å²) in [5.74, 6) is -0.704. The van der Waals surface area contributed by atoms with Gasteiger partial charge in [-0.1, -0.05) is 45.2 Å². The smallest absolute Gasteiger partial charge is 0.126 e. The molecule has 0 unspecified atom stereocenters. The van der Waals surface area contributed by atoms with E-state index < -0.39 is 0 Å². The van der Waals surface area contributed by atoms with Crippen LogP contribution < -0.4 is 0 Å². The third-order valence-electron chi connectivity index (χ3n) is 2.92. The Labute approximate surface area is 118 Å². The fourth-order valence-electron chi connectivity index (χ4n) is 1.97. The van der Waals surface area contributed by atoms with Crippen molar-refractivity contribution < 1.29 is 8.78 Å². The Balaban J connectivity index is 2.96. The minimum absolute atomic E-state index is 0.0522. The van der Waals surface area contributed by atoms with Crippen molar-refractivity contribution in [1.29, 1.82) is 0 Å². The molecule has 0 aliphatic carbocycles. The molecule has 0 aliphatic heterocycles. The first-order valence-corrected chi connectivity index (χ1v) is 7.87. The Morgan fingerprint density at radius 2 is 1.82 bits per heavy atom. The second-order valence-electron chi connectivity index (χ2n) is 4.43. The number of halogens is 4. The zero-order valence-electron chi connectivity index (χ0n) is 9.78. The van der Waals surface area contributed by atoms with Gasteiger partial charge in [-0.05, 0) is 42.0 Å². The lowest BCUT2D eigenvalue weighted by molar-refractivity contribution is 0.345. The van der Waals surface area contributed by atoms with Gasteiger partial charge in [0.2, 0.25) is 0 Å². The summed E-state index contributed by atoms with van der Waals surface area (Å²) >= 11 is 6.98. The van der Waals surface area contributed by atoms with Gasteiger partial charge in [-0.15, -0.1) is 0 Å². The molecule has 1 aromatic carbocycles. The first kappa shape index (κ1) is 15.1. The lowest BCUT2D eigenvalue weighted by Crippen LogP contribution is -2.28. The Morgan fingerprint density at radius 1 is 1.18 bits per heavy atom. The Kier molecular flexibility index (Phi) is 6.07. The van der Waals surface area contributed by atoms with Crippen molar-refractivity contribution in [2.45, 2.75) is 26.2 Å². The molecular formula is C13H16Br2F2. The van der Waals surface area contributed by atoms with E-state index in [0.717, 1.165) is 29.6 Å². The molecule has 0 nitrogen and oxygen atoms in total. The van der Waals surface area contributed by atoms with E-state index in [4.69, 9.17) is 0 Å². The molecular weight excluding hydrogens is 354 g/mol. The van der Waals surface area contributed by atoms with Crippen LogP contribution in [0.5, 0.6) is 0 Å². The Bertz CT molecular complexity index is 362. The van der Waals surface area contributed by atoms with E-state index in [9.17, 15) is 8.78 Å². The highest BCUT2D eigenvalue weighted by molar-refractivity contribution is 9.09. The molecule has 4 heteroatoms. The van der Waals surface area contributed by atoms with Crippen molar-refractivity contribution in [3.05, 3.63) is 35.4 Å². The molecule has 0 atom stereocenters. The van der Waals surface area contributed by atoms with Crippen molar-refractivity contribution in [3.8, 4) is 0 Å². The van der Waals surface area contributed by atoms with Crippen LogP contribution in [0.2, 0.25) is 0 Å². The average Bonchev–Trinajstić information content (AvgIpc) is 2.33. The van der Waals surface area contributed by atoms with Crippen LogP contribution in [0.15, 0.2) is 18.2 Å². The van der Waals surface area contributed by atoms with Crippen LogP contribution in [0, 0.1) is 17.0 Å². The second kappa shape index (κ2) is 6.83. The zero-order chi connectivity index (χ0) is 12.9. The highest BCUT2D eigenvalue weighted by atomic mass is 79.9. The summed E-state index contributed by atoms with van der Waals surface area (Å²) in [6.07, 6.45) is 2.54. The van der Waals surface area contributed by atoms with Crippen LogP contribution in [0.4, 0.5) is 8.78 Å². The summed E-state index contributed by atoms with van der Waals surface area (Å²) in [6.45, 7) is 2.10. The number of benzene rings is 1. The van der Waals surface area contributed by atoms with Gasteiger partial charge in [-0.3, -0.25) is 0 Å². The molecule has 0 aromatic heterocycles. The van der Waals surface area contributed by atoms with Crippen LogP contribution in [-0.2, 0) is 6.42 Å². The van der Waals surface area contributed by atoms with E-state index in [-0.39, 0.29) is 17.0 Å². The molecule has 0 aliphatic rings. The summed E-state index contributed by atoms with van der Waals surface area (Å²) in [5, 5.41) is 1.55. The predicted octanol–water partition coefficient (Wildman–Crippen LogP) is 5.08. The zero-order valence-corrected chi connectivity index (χ0v) is 13.0. The monoisotopic (exact) mass is 368 g/mol. The van der Waals surface area contributed by atoms with Crippen LogP contribution in [-0.4, -0.2) is 10.7 Å². The number of hydrogen-bond donors (Lipinski definition) is 0. The SMILES string of the molecule is CCCC(CBr)(CBr)Cc1cc(F)ccc1F. The topological polar surface area (TPSA) is 0 Å². The summed E-state index contributed by atoms with van der Waals surface area (Å²) in [4.78, 5) is 0. The van der Waals surface area contributed by atoms with Gasteiger partial charge in [0.05, 0.1) is 0 Å². The van der Waals surface area contributed by atoms with Gasteiger partial charge in [0.1, 0.15) is 11.6 Å². The largest absolute Gasteiger partial charge is 0.207 e. The number of alkyl halides is 2. The molecule has 0 heterocycles. The van der Waals surface area contributed by atoms with Gasteiger partial charge in [0, 0.05) is 10.7 Å². The van der Waals surface area contributed by atoms with Crippen molar-refractivity contribution >= 4 is 31.9 Å². The predicted molar refractivity (Wildman–Crippen MR) is 75.0 cm³/mol. The third kappa shape index (κ3) is 4.02. The molecule has 1 aromatic rings. The second-order valence-corrected chi connectivity index (χ2v) is 5.55. The van der Waals surface area contributed by atoms with Gasteiger partial charge in [-0.25, -0.2) is 8.78 Å². The first-order valence-electron chi connectivity index (χ1n) is 5.63. The molecule has 0 saturated heterocycles. The maximum Gasteiger partial charge on any atom is 0.126 e. The first-order chi connectivity index (χ1) is 8.06. The maximum absolute atomic E-state index is 13.6. The van der Waals surface area contributed by atoms with Gasteiger partial charge < -0.3 is 0 Å². The van der Waals surface area contributed by atoms with Crippen LogP contribution in [0.1, 0.15) is 25.3 Å². The Hall–Kier alpha value is 0.0400. The summed E-state index contributed by atoms with van der Waals surface area (Å²) in [6, 6.07) is 3.65. The molecule has 17 heavy (non-hydrogen) atoms. The van der Waals surface area contributed by atoms with E-state index in [2.05, 4.69) is 38.8 Å². The summed E-state index contributed by atoms with van der Waals surface area (Å²) in [5.41, 5.74) is 0.404. The molecule has 96 valence electrons. The highest BCUT2D eigenvalue weighted by Gasteiger charge is 2.28. The molecule has 0 N–H and O–H groups in total. The minimum atomic E-state index is -0.379. The van der Waals surface area contributed by atoms with Crippen LogP contribution >= 0.6 is 31.9 Å². The standard InChI is InChI=1S/C13H16Br2F2/c1-2-5-13(8-14,9-15)7-10-6-11(16)3-4-12(10)17/h3-4,6H,2,5,7-9H2,1H3. The average molecular weight is 370 g/mol. The fourth-order valence-corrected chi connectivity index (χ4v) is 3.85. The van der Waals surface area contributed by atoms with Crippen LogP contribution in [0.3, 0.4) is 0 Å². The minimum Gasteiger partial charge on any atom is -0.207 e. The number of rotatable bonds is 6. The van der Waals surface area contributed by atoms with Gasteiger partial charge in [0.15, 0.2) is 0 Å². The highest BCUT2D eigenvalue weighted by Crippen LogP contribution is 2.34. The van der Waals surface area contributed by atoms with Gasteiger partial charge in [-0.2, -0.15) is 0 Å². The van der Waals surface area contributed by atoms with Crippen molar-refractivity contribution in [2.75, 3.05) is 10.7 Å². The Morgan fingerprint density at radius 3 is 2.35 bits per heavy atom. The lowest BCUT2D eigenvalue weighted by atomic mass is 9.81. The van der Waals surface area contributed by atoms with E-state index in [1.165, 1.54) is 12.1 Å². The lowest BCUT2D eigenvalue weighted by Gasteiger charge is -2.30. The molecule has 0 radical (unpaired) electrons. The third-order valence-corrected chi connectivity index (χ3v) is 5.30. The summed E-state index contributed by atoms with van der Waals surface area (Å²) < 4.78 is 26.7. The van der Waals surface area contributed by atoms with E-state index >= 15 is 0 Å².